The van der Waals surface area contributed by atoms with E-state index in [1.807, 2.05) is 12.1 Å². The van der Waals surface area contributed by atoms with Gasteiger partial charge in [-0.25, -0.2) is 0 Å². The lowest BCUT2D eigenvalue weighted by atomic mass is 9.85. The molecule has 0 amide bonds. The molecule has 1 N–H and O–H groups in total. The maximum Gasteiger partial charge on any atom is 0.0406 e. The summed E-state index contributed by atoms with van der Waals surface area (Å²) in [6, 6.07) is 30.4. The van der Waals surface area contributed by atoms with E-state index in [0.29, 0.717) is 12.0 Å². The SMILES string of the molecule is Clc1ccc(CN[C@@H]2CCN(Cc3ccccc3)C[C@H]2c2ccccc2)cc1. The number of piperidine rings is 1. The van der Waals surface area contributed by atoms with Gasteiger partial charge in [-0.15, -0.1) is 0 Å². The van der Waals surface area contributed by atoms with Crippen LogP contribution in [-0.4, -0.2) is 24.0 Å². The number of hydrogen-bond acceptors (Lipinski definition) is 2. The molecule has 1 heterocycles. The van der Waals surface area contributed by atoms with E-state index in [4.69, 9.17) is 11.6 Å². The van der Waals surface area contributed by atoms with E-state index in [9.17, 15) is 0 Å². The van der Waals surface area contributed by atoms with Crippen molar-refractivity contribution in [3.05, 3.63) is 107 Å². The molecule has 2 atom stereocenters. The standard InChI is InChI=1S/C25H27ClN2/c26-23-13-11-20(12-14-23)17-27-25-15-16-28(18-21-7-3-1-4-8-21)19-24(25)22-9-5-2-6-10-22/h1-14,24-25,27H,15-19H2/t24-,25+/m0/s1. The van der Waals surface area contributed by atoms with Gasteiger partial charge >= 0.3 is 0 Å². The maximum absolute atomic E-state index is 6.02. The van der Waals surface area contributed by atoms with E-state index >= 15 is 0 Å². The minimum absolute atomic E-state index is 0.477. The summed E-state index contributed by atoms with van der Waals surface area (Å²) in [7, 11) is 0. The molecule has 0 radical (unpaired) electrons. The molecule has 3 aromatic carbocycles. The third-order valence-corrected chi connectivity index (χ3v) is 5.91. The van der Waals surface area contributed by atoms with Gasteiger partial charge in [-0.3, -0.25) is 4.90 Å². The van der Waals surface area contributed by atoms with Crippen LogP contribution >= 0.6 is 11.6 Å². The van der Waals surface area contributed by atoms with Gasteiger partial charge in [0.2, 0.25) is 0 Å². The van der Waals surface area contributed by atoms with Gasteiger partial charge in [0.05, 0.1) is 0 Å². The summed E-state index contributed by atoms with van der Waals surface area (Å²) in [5.41, 5.74) is 4.10. The molecule has 3 aromatic rings. The van der Waals surface area contributed by atoms with Crippen LogP contribution in [0.2, 0.25) is 5.02 Å². The van der Waals surface area contributed by atoms with Crippen molar-refractivity contribution in [1.29, 1.82) is 0 Å². The lowest BCUT2D eigenvalue weighted by Gasteiger charge is -2.39. The van der Waals surface area contributed by atoms with Crippen molar-refractivity contribution in [2.75, 3.05) is 13.1 Å². The maximum atomic E-state index is 6.02. The molecule has 0 spiro atoms. The zero-order valence-corrected chi connectivity index (χ0v) is 16.9. The highest BCUT2D eigenvalue weighted by Gasteiger charge is 2.30. The average molecular weight is 391 g/mol. The second kappa shape index (κ2) is 9.38. The second-order valence-electron chi connectivity index (χ2n) is 7.64. The van der Waals surface area contributed by atoms with Crippen LogP contribution in [0.3, 0.4) is 0 Å². The smallest absolute Gasteiger partial charge is 0.0406 e. The third kappa shape index (κ3) is 5.02. The number of nitrogens with one attached hydrogen (secondary N) is 1. The molecule has 2 nitrogen and oxygen atoms in total. The first-order valence-electron chi connectivity index (χ1n) is 10.1. The molecule has 1 saturated heterocycles. The Bertz CT molecular complexity index is 849. The van der Waals surface area contributed by atoms with Crippen molar-refractivity contribution >= 4 is 11.6 Å². The van der Waals surface area contributed by atoms with E-state index in [-0.39, 0.29) is 0 Å². The largest absolute Gasteiger partial charge is 0.309 e. The highest BCUT2D eigenvalue weighted by atomic mass is 35.5. The highest BCUT2D eigenvalue weighted by molar-refractivity contribution is 6.30. The van der Waals surface area contributed by atoms with Gasteiger partial charge in [0.25, 0.3) is 0 Å². The molecular weight excluding hydrogens is 364 g/mol. The van der Waals surface area contributed by atoms with Crippen molar-refractivity contribution in [3.8, 4) is 0 Å². The summed E-state index contributed by atoms with van der Waals surface area (Å²) in [5.74, 6) is 0.492. The van der Waals surface area contributed by atoms with Crippen molar-refractivity contribution in [1.82, 2.24) is 10.2 Å². The molecule has 1 aliphatic heterocycles. The van der Waals surface area contributed by atoms with Crippen molar-refractivity contribution in [3.63, 3.8) is 0 Å². The normalized spacial score (nSPS) is 20.2. The average Bonchev–Trinajstić information content (AvgIpc) is 2.75. The van der Waals surface area contributed by atoms with E-state index in [1.165, 1.54) is 16.7 Å². The van der Waals surface area contributed by atoms with Crippen LogP contribution in [0.5, 0.6) is 0 Å². The summed E-state index contributed by atoms with van der Waals surface area (Å²) >= 11 is 6.02. The Morgan fingerprint density at radius 2 is 1.50 bits per heavy atom. The summed E-state index contributed by atoms with van der Waals surface area (Å²) < 4.78 is 0. The number of rotatable bonds is 6. The zero-order valence-electron chi connectivity index (χ0n) is 16.1. The van der Waals surface area contributed by atoms with Crippen molar-refractivity contribution in [2.24, 2.45) is 0 Å². The van der Waals surface area contributed by atoms with E-state index in [0.717, 1.165) is 37.6 Å². The number of hydrogen-bond donors (Lipinski definition) is 1. The van der Waals surface area contributed by atoms with Gasteiger partial charge in [0, 0.05) is 43.2 Å². The minimum atomic E-state index is 0.477. The first kappa shape index (κ1) is 19.2. The predicted molar refractivity (Wildman–Crippen MR) is 118 cm³/mol. The van der Waals surface area contributed by atoms with Crippen LogP contribution in [0.25, 0.3) is 0 Å². The van der Waals surface area contributed by atoms with Gasteiger partial charge < -0.3 is 5.32 Å². The van der Waals surface area contributed by atoms with E-state index in [1.54, 1.807) is 0 Å². The fourth-order valence-corrected chi connectivity index (χ4v) is 4.26. The Labute approximate surface area is 173 Å². The number of halogens is 1. The number of benzene rings is 3. The Hall–Kier alpha value is -2.13. The minimum Gasteiger partial charge on any atom is -0.309 e. The number of nitrogens with zero attached hydrogens (tertiary/aromatic N) is 1. The second-order valence-corrected chi connectivity index (χ2v) is 8.08. The van der Waals surface area contributed by atoms with E-state index < -0.39 is 0 Å². The molecule has 1 aliphatic rings. The summed E-state index contributed by atoms with van der Waals surface area (Å²) in [5, 5.41) is 4.61. The molecule has 0 saturated carbocycles. The monoisotopic (exact) mass is 390 g/mol. The van der Waals surface area contributed by atoms with Gasteiger partial charge in [-0.2, -0.15) is 0 Å². The molecule has 0 unspecified atom stereocenters. The fraction of sp³-hybridized carbons (Fsp3) is 0.280. The first-order chi connectivity index (χ1) is 13.8. The van der Waals surface area contributed by atoms with Crippen LogP contribution in [0.15, 0.2) is 84.9 Å². The summed E-state index contributed by atoms with van der Waals surface area (Å²) in [6.07, 6.45) is 1.15. The highest BCUT2D eigenvalue weighted by Crippen LogP contribution is 2.28. The lowest BCUT2D eigenvalue weighted by Crippen LogP contribution is -2.47. The molecule has 0 aliphatic carbocycles. The molecule has 3 heteroatoms. The molecule has 0 bridgehead atoms. The molecule has 4 rings (SSSR count). The molecule has 28 heavy (non-hydrogen) atoms. The Balaban J connectivity index is 1.45. The first-order valence-corrected chi connectivity index (χ1v) is 10.4. The van der Waals surface area contributed by atoms with Crippen molar-refractivity contribution in [2.45, 2.75) is 31.5 Å². The predicted octanol–water partition coefficient (Wildman–Crippen LogP) is 5.49. The van der Waals surface area contributed by atoms with Crippen LogP contribution in [0, 0.1) is 0 Å². The van der Waals surface area contributed by atoms with Crippen LogP contribution < -0.4 is 5.32 Å². The van der Waals surface area contributed by atoms with Crippen LogP contribution in [0.4, 0.5) is 0 Å². The third-order valence-electron chi connectivity index (χ3n) is 5.66. The molecular formula is C25H27ClN2. The zero-order chi connectivity index (χ0) is 19.2. The van der Waals surface area contributed by atoms with Gasteiger partial charge in [-0.1, -0.05) is 84.4 Å². The Morgan fingerprint density at radius 3 is 2.21 bits per heavy atom. The van der Waals surface area contributed by atoms with Crippen LogP contribution in [-0.2, 0) is 13.1 Å². The molecule has 0 aromatic heterocycles. The summed E-state index contributed by atoms with van der Waals surface area (Å²) in [4.78, 5) is 2.59. The van der Waals surface area contributed by atoms with Gasteiger partial charge in [0.1, 0.15) is 0 Å². The van der Waals surface area contributed by atoms with Gasteiger partial charge in [-0.05, 0) is 35.2 Å². The van der Waals surface area contributed by atoms with Crippen molar-refractivity contribution < 1.29 is 0 Å². The lowest BCUT2D eigenvalue weighted by molar-refractivity contribution is 0.166. The molecule has 1 fully saturated rings. The Morgan fingerprint density at radius 1 is 0.821 bits per heavy atom. The topological polar surface area (TPSA) is 15.3 Å². The summed E-state index contributed by atoms with van der Waals surface area (Å²) in [6.45, 7) is 4.10. The Kier molecular flexibility index (Phi) is 6.43. The number of likely N-dealkylation sites (tertiary alicyclic amines) is 1. The quantitative estimate of drug-likeness (QED) is 0.598. The van der Waals surface area contributed by atoms with Gasteiger partial charge in [0.15, 0.2) is 0 Å². The van der Waals surface area contributed by atoms with E-state index in [2.05, 4.69) is 83.0 Å². The van der Waals surface area contributed by atoms with Crippen LogP contribution in [0.1, 0.15) is 29.0 Å². The fourth-order valence-electron chi connectivity index (χ4n) is 4.14. The molecule has 144 valence electrons.